The average molecular weight is 275 g/mol. The molecule has 2 aromatic rings. The lowest BCUT2D eigenvalue weighted by molar-refractivity contribution is -0.388. The van der Waals surface area contributed by atoms with E-state index in [0.29, 0.717) is 18.1 Å². The fraction of sp³-hybridized carbons (Fsp3) is 0.200. The van der Waals surface area contributed by atoms with Crippen LogP contribution in [0.5, 0.6) is 0 Å². The Kier molecular flexibility index (Phi) is 3.22. The van der Waals surface area contributed by atoms with Crippen molar-refractivity contribution in [3.05, 3.63) is 40.4 Å². The average Bonchev–Trinajstić information content (AvgIpc) is 2.69. The second-order valence-corrected chi connectivity index (χ2v) is 3.97. The third-order valence-corrected chi connectivity index (χ3v) is 2.67. The number of aromatic amines is 1. The number of H-pyrrole nitrogens is 1. The minimum absolute atomic E-state index is 0.243. The summed E-state index contributed by atoms with van der Waals surface area (Å²) in [5.74, 6) is 0.485. The van der Waals surface area contributed by atoms with Crippen molar-refractivity contribution in [1.82, 2.24) is 14.8 Å². The van der Waals surface area contributed by atoms with Gasteiger partial charge < -0.3 is 5.73 Å². The van der Waals surface area contributed by atoms with Crippen LogP contribution in [0.15, 0.2) is 24.3 Å². The number of nitrogens with one attached hydrogen (secondary N) is 1. The molecule has 0 amide bonds. The van der Waals surface area contributed by atoms with Crippen LogP contribution in [0.3, 0.4) is 0 Å². The number of hydrogen-bond acceptors (Lipinski definition) is 2. The van der Waals surface area contributed by atoms with Crippen LogP contribution in [-0.4, -0.2) is 14.8 Å². The van der Waals surface area contributed by atoms with E-state index in [2.05, 4.69) is 15.9 Å². The Morgan fingerprint density at radius 3 is 2.72 bits per heavy atom. The van der Waals surface area contributed by atoms with Crippen molar-refractivity contribution in [2.24, 2.45) is 0 Å². The van der Waals surface area contributed by atoms with Gasteiger partial charge in [0.25, 0.3) is 0 Å². The van der Waals surface area contributed by atoms with E-state index in [-0.39, 0.29) is 4.77 Å². The van der Waals surface area contributed by atoms with Gasteiger partial charge in [-0.3, -0.25) is 9.67 Å². The van der Waals surface area contributed by atoms with E-state index in [1.807, 2.05) is 0 Å². The molecule has 0 unspecified atom stereocenters. The number of nitrogens with zero attached hydrogens (tertiary/aromatic N) is 2. The normalized spacial score (nSPS) is 11.8. The van der Waals surface area contributed by atoms with Gasteiger partial charge in [0.1, 0.15) is 6.54 Å². The quantitative estimate of drug-likeness (QED) is 0.819. The Bertz CT molecular complexity index is 614. The molecule has 0 fully saturated rings. The zero-order valence-electron chi connectivity index (χ0n) is 9.16. The molecule has 18 heavy (non-hydrogen) atoms. The molecular formula is C10H10F3N4S+. The number of hydrogen-bond donors (Lipinski definition) is 2. The first-order valence-corrected chi connectivity index (χ1v) is 5.47. The van der Waals surface area contributed by atoms with E-state index in [1.54, 1.807) is 6.07 Å². The van der Waals surface area contributed by atoms with Gasteiger partial charge in [0.05, 0.1) is 11.3 Å². The fourth-order valence-electron chi connectivity index (χ4n) is 1.58. The van der Waals surface area contributed by atoms with Crippen LogP contribution < -0.4 is 5.73 Å². The summed E-state index contributed by atoms with van der Waals surface area (Å²) in [6.45, 7) is 0.323. The molecule has 0 saturated carbocycles. The van der Waals surface area contributed by atoms with Gasteiger partial charge >= 0.3 is 6.18 Å². The highest BCUT2D eigenvalue weighted by molar-refractivity contribution is 7.71. The number of quaternary nitrogens is 1. The van der Waals surface area contributed by atoms with Crippen molar-refractivity contribution in [1.29, 1.82) is 0 Å². The largest absolute Gasteiger partial charge is 0.416 e. The molecule has 1 aromatic heterocycles. The molecule has 96 valence electrons. The molecule has 0 saturated heterocycles. The Labute approximate surface area is 105 Å². The fourth-order valence-corrected chi connectivity index (χ4v) is 1.84. The maximum atomic E-state index is 12.6. The van der Waals surface area contributed by atoms with Crippen molar-refractivity contribution in [3.8, 4) is 5.69 Å². The van der Waals surface area contributed by atoms with E-state index in [4.69, 9.17) is 12.2 Å². The second-order valence-electron chi connectivity index (χ2n) is 3.58. The number of halogens is 3. The number of alkyl halides is 3. The standard InChI is InChI=1S/C10H9F3N4S/c11-10(12,13)6-2-1-3-7(4-6)17-8(5-14)15-16-9(17)18/h1-4H,5,14H2,(H,16,18)/p+1. The molecule has 0 aliphatic rings. The SMILES string of the molecule is [NH3+]Cc1n[nH]c(=S)n1-c1cccc(C(F)(F)F)c1. The van der Waals surface area contributed by atoms with Gasteiger partial charge in [0.2, 0.25) is 0 Å². The van der Waals surface area contributed by atoms with E-state index in [0.717, 1.165) is 12.1 Å². The number of aromatic nitrogens is 3. The van der Waals surface area contributed by atoms with Gasteiger partial charge in [0, 0.05) is 0 Å². The summed E-state index contributed by atoms with van der Waals surface area (Å²) in [5, 5.41) is 6.44. The Balaban J connectivity index is 2.58. The minimum Gasteiger partial charge on any atom is -0.351 e. The number of rotatable bonds is 2. The molecule has 4 N–H and O–H groups in total. The topological polar surface area (TPSA) is 61.2 Å². The molecule has 0 aliphatic carbocycles. The van der Waals surface area contributed by atoms with Crippen LogP contribution in [0, 0.1) is 4.77 Å². The zero-order valence-corrected chi connectivity index (χ0v) is 9.98. The molecule has 0 radical (unpaired) electrons. The maximum absolute atomic E-state index is 12.6. The predicted octanol–water partition coefficient (Wildman–Crippen LogP) is 1.69. The van der Waals surface area contributed by atoms with Gasteiger partial charge in [0.15, 0.2) is 10.6 Å². The van der Waals surface area contributed by atoms with Crippen molar-refractivity contribution in [2.45, 2.75) is 12.7 Å². The summed E-state index contributed by atoms with van der Waals surface area (Å²) in [6, 6.07) is 4.92. The minimum atomic E-state index is -4.38. The lowest BCUT2D eigenvalue weighted by atomic mass is 10.2. The molecule has 1 aromatic carbocycles. The third kappa shape index (κ3) is 2.29. The molecule has 0 bridgehead atoms. The molecule has 0 atom stereocenters. The lowest BCUT2D eigenvalue weighted by Gasteiger charge is -2.09. The van der Waals surface area contributed by atoms with Crippen molar-refractivity contribution < 1.29 is 18.9 Å². The highest BCUT2D eigenvalue weighted by atomic mass is 32.1. The Morgan fingerprint density at radius 2 is 2.11 bits per heavy atom. The van der Waals surface area contributed by atoms with Crippen molar-refractivity contribution >= 4 is 12.2 Å². The van der Waals surface area contributed by atoms with Crippen LogP contribution in [-0.2, 0) is 12.7 Å². The van der Waals surface area contributed by atoms with Gasteiger partial charge in [-0.2, -0.15) is 18.3 Å². The summed E-state index contributed by atoms with van der Waals surface area (Å²) >= 11 is 4.99. The summed E-state index contributed by atoms with van der Waals surface area (Å²) in [5.41, 5.74) is 3.25. The first kappa shape index (κ1) is 12.8. The Morgan fingerprint density at radius 1 is 1.39 bits per heavy atom. The third-order valence-electron chi connectivity index (χ3n) is 2.40. The van der Waals surface area contributed by atoms with E-state index >= 15 is 0 Å². The van der Waals surface area contributed by atoms with Crippen LogP contribution in [0.4, 0.5) is 13.2 Å². The van der Waals surface area contributed by atoms with Crippen LogP contribution in [0.2, 0.25) is 0 Å². The first-order chi connectivity index (χ1) is 8.43. The molecule has 2 rings (SSSR count). The second kappa shape index (κ2) is 4.54. The summed E-state index contributed by atoms with van der Waals surface area (Å²) in [6.07, 6.45) is -4.38. The van der Waals surface area contributed by atoms with Crippen LogP contribution in [0.1, 0.15) is 11.4 Å². The van der Waals surface area contributed by atoms with E-state index in [1.165, 1.54) is 10.6 Å². The molecular weight excluding hydrogens is 265 g/mol. The van der Waals surface area contributed by atoms with Crippen LogP contribution >= 0.6 is 12.2 Å². The Hall–Kier alpha value is -1.67. The molecule has 4 nitrogen and oxygen atoms in total. The van der Waals surface area contributed by atoms with Gasteiger partial charge in [-0.25, -0.2) is 0 Å². The van der Waals surface area contributed by atoms with Gasteiger partial charge in [-0.05, 0) is 30.4 Å². The molecule has 0 aliphatic heterocycles. The summed E-state index contributed by atoms with van der Waals surface area (Å²) < 4.78 is 39.5. The molecule has 8 heteroatoms. The first-order valence-electron chi connectivity index (χ1n) is 5.06. The van der Waals surface area contributed by atoms with Crippen molar-refractivity contribution in [2.75, 3.05) is 0 Å². The predicted molar refractivity (Wildman–Crippen MR) is 60.3 cm³/mol. The highest BCUT2D eigenvalue weighted by Crippen LogP contribution is 2.30. The van der Waals surface area contributed by atoms with E-state index in [9.17, 15) is 13.2 Å². The highest BCUT2D eigenvalue weighted by Gasteiger charge is 2.30. The lowest BCUT2D eigenvalue weighted by Crippen LogP contribution is -2.48. The monoisotopic (exact) mass is 275 g/mol. The smallest absolute Gasteiger partial charge is 0.351 e. The molecule has 0 spiro atoms. The van der Waals surface area contributed by atoms with Gasteiger partial charge in [-0.1, -0.05) is 6.07 Å². The zero-order chi connectivity index (χ0) is 13.3. The number of benzene rings is 1. The maximum Gasteiger partial charge on any atom is 0.416 e. The summed E-state index contributed by atoms with van der Waals surface area (Å²) in [4.78, 5) is 0. The molecule has 1 heterocycles. The van der Waals surface area contributed by atoms with E-state index < -0.39 is 11.7 Å². The van der Waals surface area contributed by atoms with Crippen molar-refractivity contribution in [3.63, 3.8) is 0 Å². The van der Waals surface area contributed by atoms with Gasteiger partial charge in [-0.15, -0.1) is 0 Å². The van der Waals surface area contributed by atoms with Crippen LogP contribution in [0.25, 0.3) is 5.69 Å². The summed E-state index contributed by atoms with van der Waals surface area (Å²) in [7, 11) is 0.